The second kappa shape index (κ2) is 3.97. The topological polar surface area (TPSA) is 15.3 Å². The number of nitrogens with zero attached hydrogens (tertiary/aromatic N) is 1. The highest BCUT2D eigenvalue weighted by molar-refractivity contribution is 5.28. The minimum Gasteiger partial charge on any atom is -0.306 e. The zero-order chi connectivity index (χ0) is 10.0. The Bertz CT molecular complexity index is 245. The van der Waals surface area contributed by atoms with Crippen molar-refractivity contribution in [2.75, 3.05) is 6.54 Å². The molecule has 0 saturated carbocycles. The summed E-state index contributed by atoms with van der Waals surface area (Å²) in [6, 6.07) is 0.509. The Labute approximate surface area is 81.3 Å². The van der Waals surface area contributed by atoms with E-state index < -0.39 is 0 Å². The summed E-state index contributed by atoms with van der Waals surface area (Å²) in [6.07, 6.45) is 2.27. The highest BCUT2D eigenvalue weighted by Gasteiger charge is 2.16. The molecule has 0 bridgehead atoms. The summed E-state index contributed by atoms with van der Waals surface area (Å²) in [4.78, 5) is 0. The fraction of sp³-hybridized carbons (Fsp3) is 0.636. The molecule has 0 aromatic rings. The van der Waals surface area contributed by atoms with E-state index in [9.17, 15) is 0 Å². The second-order valence-corrected chi connectivity index (χ2v) is 4.17. The van der Waals surface area contributed by atoms with Crippen molar-refractivity contribution in [3.8, 4) is 0 Å². The van der Waals surface area contributed by atoms with Crippen molar-refractivity contribution in [2.45, 2.75) is 40.7 Å². The summed E-state index contributed by atoms with van der Waals surface area (Å²) in [5, 5.41) is 2.24. The first-order valence-electron chi connectivity index (χ1n) is 4.89. The lowest BCUT2D eigenvalue weighted by Crippen LogP contribution is -2.45. The van der Waals surface area contributed by atoms with Crippen LogP contribution in [-0.4, -0.2) is 17.6 Å². The van der Waals surface area contributed by atoms with Crippen LogP contribution in [0, 0.1) is 0 Å². The van der Waals surface area contributed by atoms with Gasteiger partial charge in [0.1, 0.15) is 0 Å². The Kier molecular flexibility index (Phi) is 3.15. The van der Waals surface area contributed by atoms with E-state index in [1.165, 1.54) is 16.8 Å². The molecule has 0 atom stereocenters. The van der Waals surface area contributed by atoms with E-state index in [0.717, 1.165) is 6.54 Å². The molecule has 1 heterocycles. The first-order valence-corrected chi connectivity index (χ1v) is 4.89. The van der Waals surface area contributed by atoms with Crippen LogP contribution in [0.1, 0.15) is 34.6 Å². The van der Waals surface area contributed by atoms with Gasteiger partial charge in [0, 0.05) is 12.6 Å². The zero-order valence-electron chi connectivity index (χ0n) is 9.31. The van der Waals surface area contributed by atoms with Crippen molar-refractivity contribution < 1.29 is 0 Å². The van der Waals surface area contributed by atoms with E-state index in [4.69, 9.17) is 0 Å². The molecule has 2 heteroatoms. The number of allylic oxidation sites excluding steroid dienone is 2. The predicted octanol–water partition coefficient (Wildman–Crippen LogP) is 2.46. The van der Waals surface area contributed by atoms with Gasteiger partial charge in [0.05, 0.1) is 5.70 Å². The molecule has 0 fully saturated rings. The normalized spacial score (nSPS) is 17.8. The molecule has 1 rings (SSSR count). The first-order chi connectivity index (χ1) is 6.02. The van der Waals surface area contributed by atoms with Crippen molar-refractivity contribution in [3.63, 3.8) is 0 Å². The Morgan fingerprint density at radius 1 is 1.46 bits per heavy atom. The largest absolute Gasteiger partial charge is 0.306 e. The summed E-state index contributed by atoms with van der Waals surface area (Å²) < 4.78 is 0. The third kappa shape index (κ3) is 2.34. The number of hydrogen-bond acceptors (Lipinski definition) is 2. The SMILES string of the molecule is CC1=CC(=C(C)C)N(C(C)C)NC1. The van der Waals surface area contributed by atoms with Crippen LogP contribution in [0.3, 0.4) is 0 Å². The quantitative estimate of drug-likeness (QED) is 0.667. The van der Waals surface area contributed by atoms with Gasteiger partial charge in [-0.25, -0.2) is 5.43 Å². The summed E-state index contributed by atoms with van der Waals surface area (Å²) in [5.41, 5.74) is 7.48. The summed E-state index contributed by atoms with van der Waals surface area (Å²) in [5.74, 6) is 0. The second-order valence-electron chi connectivity index (χ2n) is 4.17. The Morgan fingerprint density at radius 3 is 2.54 bits per heavy atom. The molecule has 0 radical (unpaired) electrons. The highest BCUT2D eigenvalue weighted by Crippen LogP contribution is 2.18. The highest BCUT2D eigenvalue weighted by atomic mass is 15.5. The van der Waals surface area contributed by atoms with Crippen LogP contribution in [0.5, 0.6) is 0 Å². The summed E-state index contributed by atoms with van der Waals surface area (Å²) >= 11 is 0. The van der Waals surface area contributed by atoms with Crippen LogP contribution in [-0.2, 0) is 0 Å². The van der Waals surface area contributed by atoms with Gasteiger partial charge in [0.2, 0.25) is 0 Å². The molecule has 0 amide bonds. The third-order valence-electron chi connectivity index (χ3n) is 2.20. The number of hydrogen-bond donors (Lipinski definition) is 1. The lowest BCUT2D eigenvalue weighted by molar-refractivity contribution is 0.202. The lowest BCUT2D eigenvalue weighted by atomic mass is 10.1. The van der Waals surface area contributed by atoms with E-state index in [0.29, 0.717) is 6.04 Å². The van der Waals surface area contributed by atoms with Gasteiger partial charge in [-0.1, -0.05) is 11.1 Å². The Balaban J connectivity index is 2.96. The lowest BCUT2D eigenvalue weighted by Gasteiger charge is -2.35. The molecule has 0 aliphatic carbocycles. The number of rotatable bonds is 1. The average molecular weight is 180 g/mol. The molecule has 0 spiro atoms. The van der Waals surface area contributed by atoms with Crippen LogP contribution < -0.4 is 5.43 Å². The van der Waals surface area contributed by atoms with Crippen LogP contribution in [0.4, 0.5) is 0 Å². The van der Waals surface area contributed by atoms with E-state index in [1.807, 2.05) is 0 Å². The number of hydrazine groups is 1. The Morgan fingerprint density at radius 2 is 2.08 bits per heavy atom. The van der Waals surface area contributed by atoms with Crippen molar-refractivity contribution in [1.82, 2.24) is 10.4 Å². The van der Waals surface area contributed by atoms with Gasteiger partial charge in [0.25, 0.3) is 0 Å². The molecular weight excluding hydrogens is 160 g/mol. The first kappa shape index (κ1) is 10.3. The standard InChI is InChI=1S/C11H20N2/c1-8(2)11-6-10(5)7-12-13(11)9(3)4/h6,9,12H,7H2,1-5H3. The molecule has 13 heavy (non-hydrogen) atoms. The van der Waals surface area contributed by atoms with E-state index in [2.05, 4.69) is 51.1 Å². The van der Waals surface area contributed by atoms with Gasteiger partial charge >= 0.3 is 0 Å². The maximum atomic E-state index is 3.41. The molecule has 0 unspecified atom stereocenters. The summed E-state index contributed by atoms with van der Waals surface area (Å²) in [7, 11) is 0. The fourth-order valence-corrected chi connectivity index (χ4v) is 1.49. The van der Waals surface area contributed by atoms with Crippen LogP contribution in [0.25, 0.3) is 0 Å². The molecular formula is C11H20N2. The molecule has 1 N–H and O–H groups in total. The van der Waals surface area contributed by atoms with Crippen molar-refractivity contribution in [2.24, 2.45) is 0 Å². The monoisotopic (exact) mass is 180 g/mol. The van der Waals surface area contributed by atoms with E-state index >= 15 is 0 Å². The smallest absolute Gasteiger partial charge is 0.0509 e. The van der Waals surface area contributed by atoms with Crippen LogP contribution in [0.2, 0.25) is 0 Å². The van der Waals surface area contributed by atoms with Crippen LogP contribution in [0.15, 0.2) is 22.9 Å². The molecule has 0 aromatic carbocycles. The van der Waals surface area contributed by atoms with Crippen molar-refractivity contribution in [3.05, 3.63) is 22.9 Å². The molecule has 0 aromatic heterocycles. The Hall–Kier alpha value is -0.760. The minimum atomic E-state index is 0.509. The molecule has 1 aliphatic heterocycles. The van der Waals surface area contributed by atoms with Gasteiger partial charge in [-0.2, -0.15) is 0 Å². The van der Waals surface area contributed by atoms with Gasteiger partial charge in [-0.05, 0) is 40.7 Å². The fourth-order valence-electron chi connectivity index (χ4n) is 1.49. The van der Waals surface area contributed by atoms with E-state index in [1.54, 1.807) is 0 Å². The van der Waals surface area contributed by atoms with Gasteiger partial charge < -0.3 is 5.01 Å². The minimum absolute atomic E-state index is 0.509. The average Bonchev–Trinajstić information content (AvgIpc) is 2.03. The van der Waals surface area contributed by atoms with Gasteiger partial charge in [-0.3, -0.25) is 0 Å². The maximum absolute atomic E-state index is 3.41. The van der Waals surface area contributed by atoms with Crippen molar-refractivity contribution in [1.29, 1.82) is 0 Å². The van der Waals surface area contributed by atoms with Crippen molar-refractivity contribution >= 4 is 0 Å². The van der Waals surface area contributed by atoms with Gasteiger partial charge in [-0.15, -0.1) is 0 Å². The van der Waals surface area contributed by atoms with E-state index in [-0.39, 0.29) is 0 Å². The summed E-state index contributed by atoms with van der Waals surface area (Å²) in [6.45, 7) is 11.8. The molecule has 2 nitrogen and oxygen atoms in total. The molecule has 74 valence electrons. The maximum Gasteiger partial charge on any atom is 0.0509 e. The third-order valence-corrected chi connectivity index (χ3v) is 2.20. The predicted molar refractivity (Wildman–Crippen MR) is 57.1 cm³/mol. The zero-order valence-corrected chi connectivity index (χ0v) is 9.31. The van der Waals surface area contributed by atoms with Crippen LogP contribution >= 0.6 is 0 Å². The molecule has 1 aliphatic rings. The van der Waals surface area contributed by atoms with Gasteiger partial charge in [0.15, 0.2) is 0 Å². The molecule has 0 saturated heterocycles. The number of nitrogens with one attached hydrogen (secondary N) is 1.